The molecule has 0 saturated heterocycles. The first-order valence-corrected chi connectivity index (χ1v) is 18.3. The van der Waals surface area contributed by atoms with Crippen molar-refractivity contribution in [2.75, 3.05) is 4.90 Å². The minimum Gasteiger partial charge on any atom is -0.310 e. The van der Waals surface area contributed by atoms with Gasteiger partial charge in [-0.3, -0.25) is 0 Å². The number of hydrogen-bond donors (Lipinski definition) is 0. The fraction of sp³-hybridized carbons (Fsp3) is 0.200. The fourth-order valence-electron chi connectivity index (χ4n) is 9.60. The van der Waals surface area contributed by atoms with Gasteiger partial charge in [0.15, 0.2) is 0 Å². The van der Waals surface area contributed by atoms with Crippen LogP contribution >= 0.6 is 0 Å². The van der Waals surface area contributed by atoms with Crippen LogP contribution < -0.4 is 43.1 Å². The van der Waals surface area contributed by atoms with Gasteiger partial charge in [0.25, 0.3) is 0 Å². The molecule has 0 unspecified atom stereocenters. The van der Waals surface area contributed by atoms with E-state index < -0.39 is 16.2 Å². The Bertz CT molecular complexity index is 2640. The summed E-state index contributed by atoms with van der Waals surface area (Å²) in [4.78, 5) is 2.07. The van der Waals surface area contributed by atoms with Crippen LogP contribution in [0.15, 0.2) is 90.3 Å². The number of allylic oxidation sites excluding steroid dienone is 4. The Hall–Kier alpha value is -4.30. The molecular weight excluding hydrogens is 652 g/mol. The van der Waals surface area contributed by atoms with Crippen molar-refractivity contribution in [2.24, 2.45) is 0 Å². The summed E-state index contributed by atoms with van der Waals surface area (Å²) in [7, 11) is 60.9. The van der Waals surface area contributed by atoms with Crippen LogP contribution in [0.1, 0.15) is 74.9 Å². The van der Waals surface area contributed by atoms with E-state index in [1.165, 1.54) is 5.56 Å². The minimum absolute atomic E-state index is 0.154. The molecule has 5 aromatic carbocycles. The van der Waals surface area contributed by atoms with Gasteiger partial charge in [0.05, 0.1) is 15.7 Å². The molecule has 8 rings (SSSR count). The Kier molecular flexibility index (Phi) is 8.45. The molecule has 0 saturated carbocycles. The maximum absolute atomic E-state index is 7.25. The quantitative estimate of drug-likeness (QED) is 0.264. The van der Waals surface area contributed by atoms with Gasteiger partial charge in [0, 0.05) is 44.4 Å². The summed E-state index contributed by atoms with van der Waals surface area (Å²) >= 11 is 0. The summed E-state index contributed by atoms with van der Waals surface area (Å²) in [6, 6.07) is 20.5. The average Bonchev–Trinajstić information content (AvgIpc) is 3.57. The molecule has 0 amide bonds. The van der Waals surface area contributed by atoms with Gasteiger partial charge < -0.3 is 4.90 Å². The SMILES string of the molecule is [B]C([B])=C/C=C1\C(=C)c2c(N(c3cc([B])c4c(c3)C(C)(C)c3ccccc3-4)c3c([B])c([B])cc4c3-c3cc([B])ccc3C4(C)C)c([B])c([B])c([B])c2C1(C)C. The molecule has 10 heteroatoms. The lowest BCUT2D eigenvalue weighted by Gasteiger charge is -2.37. The van der Waals surface area contributed by atoms with E-state index in [4.69, 9.17) is 70.6 Å². The Morgan fingerprint density at radius 1 is 0.582 bits per heavy atom. The molecule has 1 nitrogen and oxygen atoms in total. The van der Waals surface area contributed by atoms with E-state index in [0.717, 1.165) is 50.1 Å². The summed E-state index contributed by atoms with van der Waals surface area (Å²) in [6.45, 7) is 17.6. The third-order valence-corrected chi connectivity index (χ3v) is 12.4. The topological polar surface area (TPSA) is 3.24 Å². The standard InChI is InChI=1S/C45H32B9N/c1-20-25(14-15-32(49)50)45(6,7)36-33(20)41(40(54)39(53)38(36)52)55(22-17-28-34(30(47)18-22)23-10-8-9-11-26(23)43(28,2)3)42-35-24-16-21(46)12-13-27(24)44(4,5)29(35)19-31(48)37(42)51/h8-19H,1H2,2-7H3/b25-14+. The van der Waals surface area contributed by atoms with Gasteiger partial charge in [-0.2, -0.15) is 5.37 Å². The monoisotopic (exact) mass is 685 g/mol. The number of benzene rings is 5. The van der Waals surface area contributed by atoms with Gasteiger partial charge >= 0.3 is 0 Å². The molecule has 3 aliphatic rings. The van der Waals surface area contributed by atoms with E-state index in [9.17, 15) is 0 Å². The number of anilines is 3. The van der Waals surface area contributed by atoms with Crippen molar-refractivity contribution in [3.63, 3.8) is 0 Å². The second-order valence-corrected chi connectivity index (χ2v) is 16.7. The summed E-state index contributed by atoms with van der Waals surface area (Å²) < 4.78 is 0. The first kappa shape index (κ1) is 37.6. The molecule has 0 N–H and O–H groups in total. The number of nitrogens with zero attached hydrogens (tertiary/aromatic N) is 1. The highest BCUT2D eigenvalue weighted by atomic mass is 15.2. The molecule has 0 aromatic heterocycles. The van der Waals surface area contributed by atoms with Gasteiger partial charge in [0.2, 0.25) is 0 Å². The maximum atomic E-state index is 7.25. The molecule has 18 radical (unpaired) electrons. The lowest BCUT2D eigenvalue weighted by molar-refractivity contribution is 0.660. The van der Waals surface area contributed by atoms with Crippen LogP contribution in [-0.4, -0.2) is 70.6 Å². The summed E-state index contributed by atoms with van der Waals surface area (Å²) in [6.07, 6.45) is 3.53. The molecule has 5 aromatic rings. The minimum atomic E-state index is -0.683. The molecule has 0 bridgehead atoms. The van der Waals surface area contributed by atoms with E-state index in [1.54, 1.807) is 6.08 Å². The molecule has 0 heterocycles. The molecule has 0 spiro atoms. The largest absolute Gasteiger partial charge is 0.310 e. The summed E-state index contributed by atoms with van der Waals surface area (Å²) in [5, 5.41) is 0.154. The molecule has 244 valence electrons. The van der Waals surface area contributed by atoms with Crippen molar-refractivity contribution in [1.82, 2.24) is 0 Å². The van der Waals surface area contributed by atoms with Gasteiger partial charge in [-0.05, 0) is 67.8 Å². The highest BCUT2D eigenvalue weighted by molar-refractivity contribution is 6.60. The first-order valence-electron chi connectivity index (χ1n) is 18.3. The zero-order chi connectivity index (χ0) is 39.8. The van der Waals surface area contributed by atoms with Crippen LogP contribution in [-0.2, 0) is 16.2 Å². The van der Waals surface area contributed by atoms with Gasteiger partial charge in [-0.1, -0.05) is 136 Å². The number of hydrogen-bond acceptors (Lipinski definition) is 1. The molecule has 0 aliphatic heterocycles. The van der Waals surface area contributed by atoms with Crippen LogP contribution in [0.25, 0.3) is 27.8 Å². The van der Waals surface area contributed by atoms with E-state index in [2.05, 4.69) is 83.4 Å². The molecule has 0 fully saturated rings. The Balaban J connectivity index is 1.57. The van der Waals surface area contributed by atoms with Gasteiger partial charge in [-0.25, -0.2) is 0 Å². The number of fused-ring (bicyclic) bond motifs is 7. The van der Waals surface area contributed by atoms with Crippen molar-refractivity contribution >= 4 is 131 Å². The Labute approximate surface area is 338 Å². The Morgan fingerprint density at radius 2 is 1.20 bits per heavy atom. The van der Waals surface area contributed by atoms with Gasteiger partial charge in [0.1, 0.15) is 54.9 Å². The highest BCUT2D eigenvalue weighted by Crippen LogP contribution is 2.57. The Morgan fingerprint density at radius 3 is 1.87 bits per heavy atom. The second-order valence-electron chi connectivity index (χ2n) is 16.7. The fourth-order valence-corrected chi connectivity index (χ4v) is 9.60. The zero-order valence-electron chi connectivity index (χ0n) is 32.3. The molecule has 3 aliphatic carbocycles. The lowest BCUT2D eigenvalue weighted by Crippen LogP contribution is -2.46. The lowest BCUT2D eigenvalue weighted by atomic mass is 9.65. The zero-order valence-corrected chi connectivity index (χ0v) is 32.3. The van der Waals surface area contributed by atoms with Crippen LogP contribution in [0.4, 0.5) is 17.1 Å². The normalized spacial score (nSPS) is 17.0. The van der Waals surface area contributed by atoms with Crippen molar-refractivity contribution in [2.45, 2.75) is 57.8 Å². The maximum Gasteiger partial charge on any atom is 0.115 e. The van der Waals surface area contributed by atoms with Crippen molar-refractivity contribution in [3.8, 4) is 22.3 Å². The molecule has 55 heavy (non-hydrogen) atoms. The molecule has 0 atom stereocenters. The molecular formula is C45H32B9N. The van der Waals surface area contributed by atoms with Crippen LogP contribution in [0, 0.1) is 0 Å². The summed E-state index contributed by atoms with van der Waals surface area (Å²) in [5.41, 5.74) is 14.4. The average molecular weight is 684 g/mol. The highest BCUT2D eigenvalue weighted by Gasteiger charge is 2.45. The third-order valence-electron chi connectivity index (χ3n) is 12.4. The van der Waals surface area contributed by atoms with Crippen LogP contribution in [0.5, 0.6) is 0 Å². The van der Waals surface area contributed by atoms with Crippen molar-refractivity contribution in [1.29, 1.82) is 0 Å². The predicted molar refractivity (Wildman–Crippen MR) is 244 cm³/mol. The van der Waals surface area contributed by atoms with Crippen LogP contribution in [0.2, 0.25) is 0 Å². The number of rotatable bonds is 4. The predicted octanol–water partition coefficient (Wildman–Crippen LogP) is 2.73. The van der Waals surface area contributed by atoms with E-state index >= 15 is 0 Å². The summed E-state index contributed by atoms with van der Waals surface area (Å²) in [5.74, 6) is 0. The van der Waals surface area contributed by atoms with Gasteiger partial charge in [-0.15, -0.1) is 10.9 Å². The smallest absolute Gasteiger partial charge is 0.115 e. The third kappa shape index (κ3) is 5.12. The van der Waals surface area contributed by atoms with Crippen molar-refractivity contribution in [3.05, 3.63) is 124 Å². The van der Waals surface area contributed by atoms with Crippen LogP contribution in [0.3, 0.4) is 0 Å². The first-order chi connectivity index (χ1) is 25.7. The van der Waals surface area contributed by atoms with E-state index in [0.29, 0.717) is 55.5 Å². The van der Waals surface area contributed by atoms with Crippen molar-refractivity contribution < 1.29 is 0 Å². The van der Waals surface area contributed by atoms with E-state index in [-0.39, 0.29) is 16.3 Å². The second kappa shape index (κ2) is 12.4. The van der Waals surface area contributed by atoms with E-state index in [1.807, 2.05) is 36.4 Å².